The van der Waals surface area contributed by atoms with Gasteiger partial charge in [-0.15, -0.1) is 0 Å². The summed E-state index contributed by atoms with van der Waals surface area (Å²) >= 11 is 3.27. The Hall–Kier alpha value is -1.89. The molecule has 0 saturated heterocycles. The highest BCUT2D eigenvalue weighted by molar-refractivity contribution is 9.10. The lowest BCUT2D eigenvalue weighted by molar-refractivity contribution is 0.307. The van der Waals surface area contributed by atoms with Gasteiger partial charge in [-0.05, 0) is 40.5 Å². The first kappa shape index (κ1) is 14.5. The van der Waals surface area contributed by atoms with Crippen LogP contribution in [0.3, 0.4) is 0 Å². The van der Waals surface area contributed by atoms with E-state index in [2.05, 4.69) is 31.2 Å². The van der Waals surface area contributed by atoms with Crippen molar-refractivity contribution < 1.29 is 9.13 Å². The third kappa shape index (κ3) is 3.36. The number of nitrogens with two attached hydrogens (primary N) is 1. The minimum atomic E-state index is -0.329. The standard InChI is InChI=1S/C13H14BrFN4O/c1-2-5-20-13-11(16)12(17-7-18-13)19-10-4-3-8(15)6-9(10)14/h3-4,6-7H,2,5,16H2,1H3,(H,17,18,19). The SMILES string of the molecule is CCCOc1ncnc(Nc2ccc(F)cc2Br)c1N. The van der Waals surface area contributed by atoms with Crippen LogP contribution in [-0.2, 0) is 0 Å². The van der Waals surface area contributed by atoms with Crippen molar-refractivity contribution in [1.29, 1.82) is 0 Å². The average molecular weight is 341 g/mol. The summed E-state index contributed by atoms with van der Waals surface area (Å²) in [6.07, 6.45) is 2.22. The van der Waals surface area contributed by atoms with Gasteiger partial charge < -0.3 is 15.8 Å². The number of rotatable bonds is 5. The van der Waals surface area contributed by atoms with E-state index in [1.54, 1.807) is 6.07 Å². The summed E-state index contributed by atoms with van der Waals surface area (Å²) in [6.45, 7) is 2.52. The summed E-state index contributed by atoms with van der Waals surface area (Å²) in [6, 6.07) is 4.29. The van der Waals surface area contributed by atoms with Crippen LogP contribution in [0.2, 0.25) is 0 Å². The largest absolute Gasteiger partial charge is 0.476 e. The first-order valence-electron chi connectivity index (χ1n) is 6.07. The van der Waals surface area contributed by atoms with Crippen LogP contribution in [0.15, 0.2) is 29.0 Å². The van der Waals surface area contributed by atoms with Crippen molar-refractivity contribution in [3.05, 3.63) is 34.8 Å². The molecule has 0 spiro atoms. The predicted molar refractivity (Wildman–Crippen MR) is 79.6 cm³/mol. The smallest absolute Gasteiger partial charge is 0.242 e. The number of nitrogens with one attached hydrogen (secondary N) is 1. The Bertz CT molecular complexity index is 609. The lowest BCUT2D eigenvalue weighted by Gasteiger charge is -2.12. The maximum absolute atomic E-state index is 13.0. The molecular weight excluding hydrogens is 327 g/mol. The molecule has 3 N–H and O–H groups in total. The van der Waals surface area contributed by atoms with Crippen molar-refractivity contribution in [3.63, 3.8) is 0 Å². The Balaban J connectivity index is 2.24. The number of aromatic nitrogens is 2. The lowest BCUT2D eigenvalue weighted by atomic mass is 10.3. The quantitative estimate of drug-likeness (QED) is 0.871. The van der Waals surface area contributed by atoms with Crippen molar-refractivity contribution in [2.24, 2.45) is 0 Å². The van der Waals surface area contributed by atoms with Gasteiger partial charge in [0, 0.05) is 4.47 Å². The molecular formula is C13H14BrFN4O. The molecule has 1 heterocycles. The van der Waals surface area contributed by atoms with Gasteiger partial charge in [-0.3, -0.25) is 0 Å². The maximum Gasteiger partial charge on any atom is 0.242 e. The van der Waals surface area contributed by atoms with Gasteiger partial charge >= 0.3 is 0 Å². The van der Waals surface area contributed by atoms with Crippen LogP contribution in [0, 0.1) is 5.82 Å². The number of nitrogens with zero attached hydrogens (tertiary/aromatic N) is 2. The zero-order valence-electron chi connectivity index (χ0n) is 10.9. The Kier molecular flexibility index (Phi) is 4.73. The van der Waals surface area contributed by atoms with Crippen LogP contribution in [0.25, 0.3) is 0 Å². The fourth-order valence-electron chi connectivity index (χ4n) is 1.51. The van der Waals surface area contributed by atoms with Crippen molar-refractivity contribution >= 4 is 33.1 Å². The van der Waals surface area contributed by atoms with E-state index in [0.717, 1.165) is 6.42 Å². The second-order valence-electron chi connectivity index (χ2n) is 4.04. The van der Waals surface area contributed by atoms with Crippen LogP contribution in [0.1, 0.15) is 13.3 Å². The van der Waals surface area contributed by atoms with Crippen LogP contribution < -0.4 is 15.8 Å². The third-order valence-electron chi connectivity index (χ3n) is 2.47. The first-order chi connectivity index (χ1) is 9.61. The molecule has 7 heteroatoms. The van der Waals surface area contributed by atoms with Crippen molar-refractivity contribution in [2.75, 3.05) is 17.7 Å². The van der Waals surface area contributed by atoms with Gasteiger partial charge in [0.05, 0.1) is 12.3 Å². The first-order valence-corrected chi connectivity index (χ1v) is 6.86. The number of anilines is 3. The summed E-state index contributed by atoms with van der Waals surface area (Å²) in [5.41, 5.74) is 6.92. The Labute approximate surface area is 124 Å². The van der Waals surface area contributed by atoms with E-state index in [1.165, 1.54) is 18.5 Å². The van der Waals surface area contributed by atoms with E-state index >= 15 is 0 Å². The van der Waals surface area contributed by atoms with Crippen LogP contribution >= 0.6 is 15.9 Å². The highest BCUT2D eigenvalue weighted by Crippen LogP contribution is 2.31. The molecule has 0 saturated carbocycles. The Morgan fingerprint density at radius 3 is 2.90 bits per heavy atom. The second kappa shape index (κ2) is 6.51. The molecule has 0 aliphatic carbocycles. The number of hydrogen-bond acceptors (Lipinski definition) is 5. The molecule has 1 aromatic heterocycles. The van der Waals surface area contributed by atoms with E-state index < -0.39 is 0 Å². The van der Waals surface area contributed by atoms with Crippen LogP contribution in [0.4, 0.5) is 21.6 Å². The molecule has 2 aromatic rings. The molecule has 0 amide bonds. The second-order valence-corrected chi connectivity index (χ2v) is 4.89. The molecule has 106 valence electrons. The summed E-state index contributed by atoms with van der Waals surface area (Å²) < 4.78 is 19.0. The predicted octanol–water partition coefficient (Wildman–Crippen LogP) is 3.49. The lowest BCUT2D eigenvalue weighted by Crippen LogP contribution is -2.06. The third-order valence-corrected chi connectivity index (χ3v) is 3.13. The number of ether oxygens (including phenoxy) is 1. The highest BCUT2D eigenvalue weighted by Gasteiger charge is 2.11. The van der Waals surface area contributed by atoms with Gasteiger partial charge in [-0.2, -0.15) is 4.98 Å². The van der Waals surface area contributed by atoms with E-state index in [0.29, 0.717) is 34.2 Å². The molecule has 5 nitrogen and oxygen atoms in total. The molecule has 20 heavy (non-hydrogen) atoms. The molecule has 0 fully saturated rings. The molecule has 0 atom stereocenters. The normalized spacial score (nSPS) is 10.3. The zero-order valence-corrected chi connectivity index (χ0v) is 12.4. The van der Waals surface area contributed by atoms with Crippen LogP contribution in [-0.4, -0.2) is 16.6 Å². The fraction of sp³-hybridized carbons (Fsp3) is 0.231. The maximum atomic E-state index is 13.0. The molecule has 1 aromatic carbocycles. The Morgan fingerprint density at radius 2 is 2.20 bits per heavy atom. The van der Waals surface area contributed by atoms with Gasteiger partial charge in [0.1, 0.15) is 17.8 Å². The topological polar surface area (TPSA) is 73.1 Å². The molecule has 0 unspecified atom stereocenters. The number of hydrogen-bond donors (Lipinski definition) is 2. The molecule has 0 bridgehead atoms. The highest BCUT2D eigenvalue weighted by atomic mass is 79.9. The van der Waals surface area contributed by atoms with Gasteiger partial charge in [0.25, 0.3) is 0 Å². The van der Waals surface area contributed by atoms with E-state index in [1.807, 2.05) is 6.92 Å². The summed E-state index contributed by atoms with van der Waals surface area (Å²) in [5, 5.41) is 3.01. The number of benzene rings is 1. The summed E-state index contributed by atoms with van der Waals surface area (Å²) in [5.74, 6) is 0.422. The average Bonchev–Trinajstić information content (AvgIpc) is 2.42. The summed E-state index contributed by atoms with van der Waals surface area (Å²) in [4.78, 5) is 8.05. The number of nitrogen functional groups attached to an aromatic ring is 1. The zero-order chi connectivity index (χ0) is 14.5. The van der Waals surface area contributed by atoms with Crippen molar-refractivity contribution in [3.8, 4) is 5.88 Å². The minimum Gasteiger partial charge on any atom is -0.476 e. The molecule has 2 rings (SSSR count). The molecule has 0 aliphatic heterocycles. The van der Waals surface area contributed by atoms with Gasteiger partial charge in [-0.1, -0.05) is 6.92 Å². The van der Waals surface area contributed by atoms with E-state index in [4.69, 9.17) is 10.5 Å². The summed E-state index contributed by atoms with van der Waals surface area (Å²) in [7, 11) is 0. The Morgan fingerprint density at radius 1 is 1.40 bits per heavy atom. The van der Waals surface area contributed by atoms with Gasteiger partial charge in [0.2, 0.25) is 5.88 Å². The van der Waals surface area contributed by atoms with Crippen LogP contribution in [0.5, 0.6) is 5.88 Å². The fourth-order valence-corrected chi connectivity index (χ4v) is 1.96. The van der Waals surface area contributed by atoms with Gasteiger partial charge in [0.15, 0.2) is 5.82 Å². The molecule has 0 aliphatic rings. The minimum absolute atomic E-state index is 0.317. The van der Waals surface area contributed by atoms with Crippen molar-refractivity contribution in [1.82, 2.24) is 9.97 Å². The van der Waals surface area contributed by atoms with Crippen molar-refractivity contribution in [2.45, 2.75) is 13.3 Å². The van der Waals surface area contributed by atoms with Gasteiger partial charge in [-0.25, -0.2) is 9.37 Å². The monoisotopic (exact) mass is 340 g/mol. The van der Waals surface area contributed by atoms with E-state index in [-0.39, 0.29) is 5.82 Å². The molecule has 0 radical (unpaired) electrons. The van der Waals surface area contributed by atoms with E-state index in [9.17, 15) is 4.39 Å². The number of halogens is 2.